The molecule has 1 N–H and O–H groups in total. The maximum Gasteiger partial charge on any atom is 0.0320 e. The smallest absolute Gasteiger partial charge is 0.0320 e. The van der Waals surface area contributed by atoms with Gasteiger partial charge in [0, 0.05) is 6.04 Å². The first kappa shape index (κ1) is 11.3. The Morgan fingerprint density at radius 1 is 1.14 bits per heavy atom. The van der Waals surface area contributed by atoms with Gasteiger partial charge in [0.1, 0.15) is 0 Å². The van der Waals surface area contributed by atoms with Crippen molar-refractivity contribution in [3.63, 3.8) is 0 Å². The van der Waals surface area contributed by atoms with Gasteiger partial charge in [-0.1, -0.05) is 43.7 Å². The lowest BCUT2D eigenvalue weighted by Gasteiger charge is -2.09. The van der Waals surface area contributed by atoms with E-state index in [9.17, 15) is 0 Å². The monoisotopic (exact) mass is 191 g/mol. The maximum atomic E-state index is 3.49. The molecule has 1 nitrogen and oxygen atoms in total. The molecule has 14 heavy (non-hydrogen) atoms. The van der Waals surface area contributed by atoms with Gasteiger partial charge in [-0.2, -0.15) is 0 Å². The van der Waals surface area contributed by atoms with E-state index in [1.165, 1.54) is 30.5 Å². The first-order valence-electron chi connectivity index (χ1n) is 5.66. The second kappa shape index (κ2) is 5.82. The lowest BCUT2D eigenvalue weighted by molar-refractivity contribution is 0.647. The summed E-state index contributed by atoms with van der Waals surface area (Å²) >= 11 is 0. The summed E-state index contributed by atoms with van der Waals surface area (Å²) < 4.78 is 0. The number of hydrogen-bond donors (Lipinski definition) is 1. The molecule has 0 bridgehead atoms. The van der Waals surface area contributed by atoms with Crippen molar-refractivity contribution >= 4 is 0 Å². The van der Waals surface area contributed by atoms with E-state index in [-0.39, 0.29) is 0 Å². The summed E-state index contributed by atoms with van der Waals surface area (Å²) in [5, 5.41) is 3.49. The standard InChI is InChI=1S/C11H15N.C2H6/c1-9-4-6-10(7-5-9)11-3-2-8-12-11;1-2/h4-7,11-12H,2-3,8H2,1H3;1-2H3. The molecule has 2 rings (SSSR count). The molecule has 1 aliphatic rings. The second-order valence-electron chi connectivity index (χ2n) is 3.56. The molecule has 1 atom stereocenters. The Balaban J connectivity index is 0.000000461. The summed E-state index contributed by atoms with van der Waals surface area (Å²) in [7, 11) is 0. The number of benzene rings is 1. The lowest BCUT2D eigenvalue weighted by Crippen LogP contribution is -2.12. The zero-order chi connectivity index (χ0) is 10.4. The summed E-state index contributed by atoms with van der Waals surface area (Å²) in [5.41, 5.74) is 2.79. The van der Waals surface area contributed by atoms with Crippen LogP contribution in [0.25, 0.3) is 0 Å². The summed E-state index contributed by atoms with van der Waals surface area (Å²) in [6.07, 6.45) is 2.61. The quantitative estimate of drug-likeness (QED) is 0.717. The molecule has 1 heterocycles. The average Bonchev–Trinajstić information content (AvgIpc) is 2.75. The Morgan fingerprint density at radius 2 is 1.79 bits per heavy atom. The van der Waals surface area contributed by atoms with Gasteiger partial charge in [0.05, 0.1) is 0 Å². The molecule has 78 valence electrons. The lowest BCUT2D eigenvalue weighted by atomic mass is 10.0. The van der Waals surface area contributed by atoms with Gasteiger partial charge >= 0.3 is 0 Å². The molecule has 1 aromatic rings. The minimum absolute atomic E-state index is 0.616. The molecule has 1 heteroatoms. The van der Waals surface area contributed by atoms with E-state index in [0.29, 0.717) is 6.04 Å². The highest BCUT2D eigenvalue weighted by Gasteiger charge is 2.14. The summed E-state index contributed by atoms with van der Waals surface area (Å²) in [6.45, 7) is 7.31. The highest BCUT2D eigenvalue weighted by molar-refractivity contribution is 5.24. The van der Waals surface area contributed by atoms with Crippen molar-refractivity contribution in [3.8, 4) is 0 Å². The van der Waals surface area contributed by atoms with Crippen molar-refractivity contribution in [2.45, 2.75) is 39.7 Å². The Kier molecular flexibility index (Phi) is 4.68. The van der Waals surface area contributed by atoms with E-state index >= 15 is 0 Å². The SMILES string of the molecule is CC.Cc1ccc(C2CCCN2)cc1. The van der Waals surface area contributed by atoms with Crippen LogP contribution in [0.15, 0.2) is 24.3 Å². The Labute approximate surface area is 87.5 Å². The van der Waals surface area contributed by atoms with Crippen LogP contribution in [0.2, 0.25) is 0 Å². The van der Waals surface area contributed by atoms with Crippen LogP contribution in [0.4, 0.5) is 0 Å². The van der Waals surface area contributed by atoms with Crippen LogP contribution < -0.4 is 5.32 Å². The fourth-order valence-corrected chi connectivity index (χ4v) is 1.77. The average molecular weight is 191 g/mol. The highest BCUT2D eigenvalue weighted by Crippen LogP contribution is 2.22. The van der Waals surface area contributed by atoms with E-state index in [2.05, 4.69) is 36.5 Å². The van der Waals surface area contributed by atoms with Crippen LogP contribution in [0.3, 0.4) is 0 Å². The normalized spacial score (nSPS) is 20.1. The summed E-state index contributed by atoms with van der Waals surface area (Å²) in [6, 6.07) is 9.46. The third-order valence-electron chi connectivity index (χ3n) is 2.54. The first-order valence-corrected chi connectivity index (χ1v) is 5.66. The minimum atomic E-state index is 0.616. The van der Waals surface area contributed by atoms with Crippen molar-refractivity contribution in [3.05, 3.63) is 35.4 Å². The Morgan fingerprint density at radius 3 is 2.29 bits per heavy atom. The molecule has 0 aliphatic carbocycles. The highest BCUT2D eigenvalue weighted by atomic mass is 14.9. The maximum absolute atomic E-state index is 3.49. The van der Waals surface area contributed by atoms with Crippen LogP contribution in [-0.4, -0.2) is 6.54 Å². The molecule has 0 aromatic heterocycles. The number of aryl methyl sites for hydroxylation is 1. The zero-order valence-electron chi connectivity index (χ0n) is 9.51. The van der Waals surface area contributed by atoms with Gasteiger partial charge in [0.15, 0.2) is 0 Å². The second-order valence-corrected chi connectivity index (χ2v) is 3.56. The Hall–Kier alpha value is -0.820. The van der Waals surface area contributed by atoms with Gasteiger partial charge in [-0.15, -0.1) is 0 Å². The fourth-order valence-electron chi connectivity index (χ4n) is 1.77. The molecule has 0 radical (unpaired) electrons. The van der Waals surface area contributed by atoms with Crippen LogP contribution in [-0.2, 0) is 0 Å². The molecule has 1 aliphatic heterocycles. The van der Waals surface area contributed by atoms with E-state index in [4.69, 9.17) is 0 Å². The van der Waals surface area contributed by atoms with E-state index in [1.807, 2.05) is 13.8 Å². The van der Waals surface area contributed by atoms with Gasteiger partial charge in [-0.05, 0) is 31.9 Å². The molecule has 1 fully saturated rings. The van der Waals surface area contributed by atoms with Crippen LogP contribution in [0, 0.1) is 6.92 Å². The molecular weight excluding hydrogens is 170 g/mol. The summed E-state index contributed by atoms with van der Waals surface area (Å²) in [4.78, 5) is 0. The fraction of sp³-hybridized carbons (Fsp3) is 0.538. The van der Waals surface area contributed by atoms with Crippen molar-refractivity contribution in [1.29, 1.82) is 0 Å². The van der Waals surface area contributed by atoms with Gasteiger partial charge in [0.25, 0.3) is 0 Å². The molecule has 0 saturated carbocycles. The molecule has 0 spiro atoms. The number of rotatable bonds is 1. The van der Waals surface area contributed by atoms with Gasteiger partial charge in [-0.3, -0.25) is 0 Å². The van der Waals surface area contributed by atoms with Crippen molar-refractivity contribution < 1.29 is 0 Å². The van der Waals surface area contributed by atoms with E-state index < -0.39 is 0 Å². The predicted molar refractivity (Wildman–Crippen MR) is 62.5 cm³/mol. The van der Waals surface area contributed by atoms with Gasteiger partial charge in [0.2, 0.25) is 0 Å². The molecule has 1 unspecified atom stereocenters. The first-order chi connectivity index (χ1) is 6.86. The molecule has 1 saturated heterocycles. The minimum Gasteiger partial charge on any atom is -0.310 e. The van der Waals surface area contributed by atoms with Crippen LogP contribution in [0.1, 0.15) is 43.9 Å². The summed E-state index contributed by atoms with van der Waals surface area (Å²) in [5.74, 6) is 0. The zero-order valence-corrected chi connectivity index (χ0v) is 9.51. The van der Waals surface area contributed by atoms with Crippen LogP contribution in [0.5, 0.6) is 0 Å². The third-order valence-corrected chi connectivity index (χ3v) is 2.54. The molecular formula is C13H21N. The third kappa shape index (κ3) is 2.85. The largest absolute Gasteiger partial charge is 0.310 e. The van der Waals surface area contributed by atoms with Crippen molar-refractivity contribution in [2.24, 2.45) is 0 Å². The number of hydrogen-bond acceptors (Lipinski definition) is 1. The number of nitrogens with one attached hydrogen (secondary N) is 1. The molecule has 0 amide bonds. The van der Waals surface area contributed by atoms with Gasteiger partial charge in [-0.25, -0.2) is 0 Å². The van der Waals surface area contributed by atoms with Crippen LogP contribution >= 0.6 is 0 Å². The van der Waals surface area contributed by atoms with Crippen molar-refractivity contribution in [2.75, 3.05) is 6.54 Å². The topological polar surface area (TPSA) is 12.0 Å². The van der Waals surface area contributed by atoms with Gasteiger partial charge < -0.3 is 5.32 Å². The predicted octanol–water partition coefficient (Wildman–Crippen LogP) is 3.45. The van der Waals surface area contributed by atoms with E-state index in [0.717, 1.165) is 0 Å². The van der Waals surface area contributed by atoms with E-state index in [1.54, 1.807) is 0 Å². The van der Waals surface area contributed by atoms with Crippen molar-refractivity contribution in [1.82, 2.24) is 5.32 Å². The molecule has 1 aromatic carbocycles. The Bertz CT molecular complexity index is 244.